The zero-order valence-corrected chi connectivity index (χ0v) is 21.9. The molecule has 10 nitrogen and oxygen atoms in total. The first kappa shape index (κ1) is 26.6. The van der Waals surface area contributed by atoms with Crippen LogP contribution in [0.4, 0.5) is 0 Å². The van der Waals surface area contributed by atoms with E-state index >= 15 is 0 Å². The Balaban J connectivity index is 1.70. The van der Waals surface area contributed by atoms with Crippen molar-refractivity contribution in [2.75, 3.05) is 13.1 Å². The van der Waals surface area contributed by atoms with Gasteiger partial charge in [-0.2, -0.15) is 0 Å². The van der Waals surface area contributed by atoms with E-state index in [0.29, 0.717) is 18.7 Å². The number of carboxylic acid groups (broad SMARTS) is 1. The number of fused-ring (bicyclic) bond motifs is 1. The number of carboxylic acids is 1. The molecule has 0 spiro atoms. The van der Waals surface area contributed by atoms with Crippen LogP contribution < -0.4 is 0 Å². The molecule has 2 saturated heterocycles. The Morgan fingerprint density at radius 3 is 2.54 bits per heavy atom. The summed E-state index contributed by atoms with van der Waals surface area (Å²) in [6.07, 6.45) is 2.70. The second-order valence-electron chi connectivity index (χ2n) is 9.04. The van der Waals surface area contributed by atoms with Gasteiger partial charge in [-0.1, -0.05) is 34.1 Å². The quantitative estimate of drug-likeness (QED) is 0.435. The number of hydrogen-bond donors (Lipinski definition) is 1. The number of allylic oxidation sites excluding steroid dienone is 1. The summed E-state index contributed by atoms with van der Waals surface area (Å²) in [5.41, 5.74) is 0.910. The van der Waals surface area contributed by atoms with Crippen LogP contribution in [0.2, 0.25) is 0 Å². The molecule has 0 unspecified atom stereocenters. The summed E-state index contributed by atoms with van der Waals surface area (Å²) in [7, 11) is 0. The van der Waals surface area contributed by atoms with Crippen molar-refractivity contribution in [2.45, 2.75) is 51.0 Å². The first-order valence-corrected chi connectivity index (χ1v) is 12.8. The van der Waals surface area contributed by atoms with Crippen molar-refractivity contribution in [3.05, 3.63) is 71.1 Å². The Bertz CT molecular complexity index is 1150. The molecule has 196 valence electrons. The van der Waals surface area contributed by atoms with E-state index in [-0.39, 0.29) is 56.6 Å². The molecule has 0 saturated carbocycles. The average molecular weight is 573 g/mol. The van der Waals surface area contributed by atoms with Gasteiger partial charge in [0, 0.05) is 23.9 Å². The number of halogens is 1. The molecule has 2 aliphatic rings. The number of hydrazine groups is 1. The molecule has 4 rings (SSSR count). The van der Waals surface area contributed by atoms with Gasteiger partial charge in [0.25, 0.3) is 0 Å². The highest BCUT2D eigenvalue weighted by Crippen LogP contribution is 2.31. The highest BCUT2D eigenvalue weighted by atomic mass is 79.9. The summed E-state index contributed by atoms with van der Waals surface area (Å²) < 4.78 is 6.35. The Hall–Kier alpha value is -3.44. The molecule has 2 aromatic rings. The topological polar surface area (TPSA) is 115 Å². The molecule has 1 aromatic heterocycles. The van der Waals surface area contributed by atoms with Crippen LogP contribution >= 0.6 is 15.9 Å². The number of furan rings is 1. The molecule has 0 bridgehead atoms. The second-order valence-corrected chi connectivity index (χ2v) is 9.96. The van der Waals surface area contributed by atoms with Gasteiger partial charge < -0.3 is 19.3 Å². The molecule has 2 atom stereocenters. The van der Waals surface area contributed by atoms with Gasteiger partial charge in [-0.25, -0.2) is 10.0 Å². The molecule has 11 heteroatoms. The third-order valence-electron chi connectivity index (χ3n) is 6.48. The van der Waals surface area contributed by atoms with E-state index in [1.165, 1.54) is 16.1 Å². The fraction of sp³-hybridized carbons (Fsp3) is 0.385. The molecule has 1 aromatic carbocycles. The normalized spacial score (nSPS) is 20.2. The van der Waals surface area contributed by atoms with Crippen LogP contribution in [0.3, 0.4) is 0 Å². The van der Waals surface area contributed by atoms with Crippen LogP contribution in [0.15, 0.2) is 64.2 Å². The van der Waals surface area contributed by atoms with Crippen LogP contribution in [0.5, 0.6) is 0 Å². The summed E-state index contributed by atoms with van der Waals surface area (Å²) >= 11 is 3.42. The summed E-state index contributed by atoms with van der Waals surface area (Å²) in [6.45, 7) is 4.14. The summed E-state index contributed by atoms with van der Waals surface area (Å²) in [5.74, 6) is -1.40. The van der Waals surface area contributed by atoms with Crippen molar-refractivity contribution in [2.24, 2.45) is 0 Å². The zero-order valence-electron chi connectivity index (χ0n) is 20.3. The van der Waals surface area contributed by atoms with Gasteiger partial charge in [-0.15, -0.1) is 6.58 Å². The fourth-order valence-corrected chi connectivity index (χ4v) is 5.07. The number of piperazine rings is 1. The highest BCUT2D eigenvalue weighted by molar-refractivity contribution is 9.10. The van der Waals surface area contributed by atoms with E-state index in [4.69, 9.17) is 4.42 Å². The van der Waals surface area contributed by atoms with Crippen molar-refractivity contribution in [1.29, 1.82) is 0 Å². The van der Waals surface area contributed by atoms with Gasteiger partial charge >= 0.3 is 5.97 Å². The third kappa shape index (κ3) is 6.11. The largest absolute Gasteiger partial charge is 0.481 e. The van der Waals surface area contributed by atoms with E-state index in [2.05, 4.69) is 22.5 Å². The average Bonchev–Trinajstić information content (AvgIpc) is 3.37. The maximum Gasteiger partial charge on any atom is 0.303 e. The minimum atomic E-state index is -1.06. The van der Waals surface area contributed by atoms with Gasteiger partial charge in [0.2, 0.25) is 17.7 Å². The lowest BCUT2D eigenvalue weighted by Gasteiger charge is -2.55. The van der Waals surface area contributed by atoms with Crippen molar-refractivity contribution in [3.8, 4) is 0 Å². The Labute approximate surface area is 223 Å². The Morgan fingerprint density at radius 2 is 1.89 bits per heavy atom. The lowest BCUT2D eigenvalue weighted by Crippen LogP contribution is -2.75. The number of aliphatic carboxylic acids is 1. The number of hydrogen-bond acceptors (Lipinski definition) is 6. The number of carbonyl (C=O) groups excluding carboxylic acids is 3. The predicted octanol–water partition coefficient (Wildman–Crippen LogP) is 3.00. The van der Waals surface area contributed by atoms with Crippen molar-refractivity contribution in [1.82, 2.24) is 19.8 Å². The summed E-state index contributed by atoms with van der Waals surface area (Å²) in [6, 6.07) is 10.1. The number of amides is 3. The standard InChI is InChI=1S/C26H29BrN4O6/c1-2-3-6-23(32)31-22-16-28(15-20-5-4-13-37-20)26(36)21(11-12-25(34)35)30(22)24(33)17-29(31)14-18-7-9-19(27)10-8-18/h2,4-5,7-10,13,21-22H,1,3,6,11-12,14-17H2,(H,34,35)/t21-,22-/m0/s1. The van der Waals surface area contributed by atoms with E-state index in [1.807, 2.05) is 24.3 Å². The number of carbonyl (C=O) groups is 4. The van der Waals surface area contributed by atoms with Gasteiger partial charge in [0.15, 0.2) is 0 Å². The maximum atomic E-state index is 13.5. The number of nitrogens with zero attached hydrogens (tertiary/aromatic N) is 4. The van der Waals surface area contributed by atoms with Gasteiger partial charge in [-0.3, -0.25) is 19.2 Å². The van der Waals surface area contributed by atoms with Gasteiger partial charge in [0.05, 0.1) is 25.9 Å². The van der Waals surface area contributed by atoms with Crippen molar-refractivity contribution in [3.63, 3.8) is 0 Å². The lowest BCUT2D eigenvalue weighted by atomic mass is 10.0. The molecule has 2 aliphatic heterocycles. The van der Waals surface area contributed by atoms with E-state index < -0.39 is 18.2 Å². The van der Waals surface area contributed by atoms with Crippen LogP contribution in [-0.4, -0.2) is 73.9 Å². The van der Waals surface area contributed by atoms with Crippen LogP contribution in [0, 0.1) is 0 Å². The summed E-state index contributed by atoms with van der Waals surface area (Å²) in [5, 5.41) is 12.6. The SMILES string of the molecule is C=CCCC(=O)N1[C@H]2CN(Cc3ccco3)C(=O)[C@H](CCC(=O)O)N2C(=O)CN1Cc1ccc(Br)cc1. The second kappa shape index (κ2) is 11.7. The Kier molecular flexibility index (Phi) is 8.45. The van der Waals surface area contributed by atoms with Crippen LogP contribution in [0.25, 0.3) is 0 Å². The van der Waals surface area contributed by atoms with Crippen LogP contribution in [-0.2, 0) is 32.3 Å². The molecule has 2 fully saturated rings. The maximum absolute atomic E-state index is 13.5. The monoisotopic (exact) mass is 572 g/mol. The molecule has 37 heavy (non-hydrogen) atoms. The van der Waals surface area contributed by atoms with Gasteiger partial charge in [-0.05, 0) is 42.7 Å². The zero-order chi connectivity index (χ0) is 26.5. The molecule has 0 radical (unpaired) electrons. The molecular weight excluding hydrogens is 544 g/mol. The van der Waals surface area contributed by atoms with Crippen molar-refractivity contribution >= 4 is 39.6 Å². The minimum absolute atomic E-state index is 0.0491. The third-order valence-corrected chi connectivity index (χ3v) is 7.01. The predicted molar refractivity (Wildman–Crippen MR) is 136 cm³/mol. The van der Waals surface area contributed by atoms with E-state index in [9.17, 15) is 24.3 Å². The van der Waals surface area contributed by atoms with Gasteiger partial charge in [0.1, 0.15) is 18.0 Å². The number of benzene rings is 1. The van der Waals surface area contributed by atoms with Crippen molar-refractivity contribution < 1.29 is 28.7 Å². The molecule has 3 heterocycles. The minimum Gasteiger partial charge on any atom is -0.481 e. The summed E-state index contributed by atoms with van der Waals surface area (Å²) in [4.78, 5) is 54.8. The van der Waals surface area contributed by atoms with E-state index in [0.717, 1.165) is 10.0 Å². The Morgan fingerprint density at radius 1 is 1.14 bits per heavy atom. The van der Waals surface area contributed by atoms with E-state index in [1.54, 1.807) is 28.2 Å². The first-order chi connectivity index (χ1) is 17.8. The smallest absolute Gasteiger partial charge is 0.303 e. The molecular formula is C26H29BrN4O6. The first-order valence-electron chi connectivity index (χ1n) is 12.0. The number of rotatable bonds is 10. The lowest BCUT2D eigenvalue weighted by molar-refractivity contribution is -0.209. The fourth-order valence-electron chi connectivity index (χ4n) is 4.80. The molecule has 1 N–H and O–H groups in total. The molecule has 0 aliphatic carbocycles. The molecule has 3 amide bonds. The highest BCUT2D eigenvalue weighted by Gasteiger charge is 2.51. The van der Waals surface area contributed by atoms with Crippen LogP contribution in [0.1, 0.15) is 37.0 Å².